The molecule has 4 aromatic heterocycles. The number of aryl methyl sites for hydroxylation is 14. The van der Waals surface area contributed by atoms with Crippen molar-refractivity contribution in [2.75, 3.05) is 39.2 Å². The summed E-state index contributed by atoms with van der Waals surface area (Å²) in [6.07, 6.45) is 6.74. The van der Waals surface area contributed by atoms with Crippen molar-refractivity contribution >= 4 is 85.3 Å². The Balaban J connectivity index is 0.000000128. The molecule has 0 aliphatic carbocycles. The van der Waals surface area contributed by atoms with Gasteiger partial charge < -0.3 is 39.2 Å². The van der Waals surface area contributed by atoms with Gasteiger partial charge in [-0.25, -0.2) is 0 Å². The summed E-state index contributed by atoms with van der Waals surface area (Å²) in [6.45, 7) is 53.3. The molecular weight excluding hydrogens is 1650 g/mol. The van der Waals surface area contributed by atoms with E-state index in [1.807, 2.05) is 0 Å². The first-order valence-corrected chi connectivity index (χ1v) is 48.2. The van der Waals surface area contributed by atoms with Crippen molar-refractivity contribution in [3.05, 3.63) is 399 Å². The van der Waals surface area contributed by atoms with Gasteiger partial charge in [-0.3, -0.25) is 19.9 Å². The highest BCUT2D eigenvalue weighted by molar-refractivity contribution is 6.00. The van der Waals surface area contributed by atoms with Crippen LogP contribution in [-0.4, -0.2) is 50.6 Å². The maximum Gasteiger partial charge on any atom is 0.108 e. The number of fused-ring (bicyclic) bond motifs is 4. The Labute approximate surface area is 803 Å². The van der Waals surface area contributed by atoms with Crippen LogP contribution in [0.2, 0.25) is 0 Å². The number of anilines is 15. The van der Waals surface area contributed by atoms with Crippen molar-refractivity contribution in [3.8, 4) is 56.0 Å². The van der Waals surface area contributed by atoms with Crippen LogP contribution in [0.25, 0.3) is 56.0 Å². The Morgan fingerprint density at radius 2 is 0.511 bits per heavy atom. The van der Waals surface area contributed by atoms with E-state index in [-0.39, 0.29) is 18.5 Å². The molecule has 12 heteroatoms. The second-order valence-corrected chi connectivity index (χ2v) is 38.2. The average molecular weight is 1780 g/mol. The van der Waals surface area contributed by atoms with Gasteiger partial charge in [0.1, 0.15) is 24.7 Å². The predicted octanol–water partition coefficient (Wildman–Crippen LogP) is 32.8. The molecule has 0 saturated heterocycles. The van der Waals surface area contributed by atoms with Crippen molar-refractivity contribution in [2.45, 2.75) is 209 Å². The van der Waals surface area contributed by atoms with E-state index >= 15 is 0 Å². The summed E-state index contributed by atoms with van der Waals surface area (Å²) < 4.78 is 0. The Hall–Kier alpha value is -14.4. The third kappa shape index (κ3) is 17.4. The van der Waals surface area contributed by atoms with Crippen molar-refractivity contribution in [3.63, 3.8) is 0 Å². The molecule has 0 N–H and O–H groups in total. The normalized spacial score (nSPS) is 15.2. The number of hydrogen-bond acceptors (Lipinski definition) is 12. The minimum Gasteiger partial charge on any atom is -0.347 e. The average Bonchev–Trinajstić information content (AvgIpc) is 1.59. The molecule has 4 aliphatic heterocycles. The van der Waals surface area contributed by atoms with Crippen LogP contribution in [0.5, 0.6) is 0 Å². The van der Waals surface area contributed by atoms with Gasteiger partial charge in [0.25, 0.3) is 0 Å². The van der Waals surface area contributed by atoms with E-state index in [0.717, 1.165) is 45.5 Å². The summed E-state index contributed by atoms with van der Waals surface area (Å²) in [4.78, 5) is 39.5. The lowest BCUT2D eigenvalue weighted by Gasteiger charge is -2.34. The Morgan fingerprint density at radius 3 is 0.837 bits per heavy atom. The van der Waals surface area contributed by atoms with Crippen LogP contribution in [0, 0.1) is 96.9 Å². The van der Waals surface area contributed by atoms with Gasteiger partial charge in [0.05, 0.1) is 121 Å². The third-order valence-electron chi connectivity index (χ3n) is 27.9. The monoisotopic (exact) mass is 1780 g/mol. The summed E-state index contributed by atoms with van der Waals surface area (Å²) in [5.74, 6) is 0.865. The van der Waals surface area contributed by atoms with E-state index in [1.165, 1.54) is 185 Å². The smallest absolute Gasteiger partial charge is 0.108 e. The first-order chi connectivity index (χ1) is 65.0. The minimum absolute atomic E-state index is 0.0104. The zero-order valence-corrected chi connectivity index (χ0v) is 83.4. The quantitative estimate of drug-likeness (QED) is 0.0981. The molecule has 0 unspecified atom stereocenters. The third-order valence-corrected chi connectivity index (χ3v) is 27.9. The van der Waals surface area contributed by atoms with Gasteiger partial charge in [-0.15, -0.1) is 0 Å². The van der Waals surface area contributed by atoms with Crippen LogP contribution in [0.15, 0.2) is 310 Å². The SMILES string of the molecule is Cc1cc(-c2c(C)cccc2C)ncc1N1c2ccccc2N(c2c(-c3ccccc3)cccc2-c2ccccc2)[C@H]1C.Cc1cc(-c2c(C)cccc2C)ncc1N1c2ccccc2N(c2c(C(C)C)cccc2C(C)C)[C@H]1C.Cc1cc(-c2c(C)cccc2C)ncc1N1c2ccccc2N(c2c(C)cccc2C)[C@H]1C.Cc1cc(C)c(N2c3ccccc3N(C(C)C)[C@H]2C)c(C)n1. The van der Waals surface area contributed by atoms with Gasteiger partial charge in [0.2, 0.25) is 0 Å². The summed E-state index contributed by atoms with van der Waals surface area (Å²) in [5, 5.41) is 0. The maximum absolute atomic E-state index is 5.05. The van der Waals surface area contributed by atoms with E-state index in [1.54, 1.807) is 0 Å². The van der Waals surface area contributed by atoms with Crippen molar-refractivity contribution in [1.82, 2.24) is 19.9 Å². The number of hydrogen-bond donors (Lipinski definition) is 0. The van der Waals surface area contributed by atoms with E-state index in [4.69, 9.17) is 19.9 Å². The molecule has 0 saturated carbocycles. The number of nitrogens with zero attached hydrogens (tertiary/aromatic N) is 12. The summed E-state index contributed by atoms with van der Waals surface area (Å²) in [7, 11) is 0. The van der Waals surface area contributed by atoms with Crippen molar-refractivity contribution in [1.29, 1.82) is 0 Å². The molecule has 4 atom stereocenters. The van der Waals surface area contributed by atoms with Crippen LogP contribution in [0.4, 0.5) is 85.3 Å². The Morgan fingerprint density at radius 1 is 0.230 bits per heavy atom. The van der Waals surface area contributed by atoms with E-state index < -0.39 is 0 Å². The molecule has 20 rings (SSSR count). The zero-order valence-electron chi connectivity index (χ0n) is 83.4. The largest absolute Gasteiger partial charge is 0.347 e. The van der Waals surface area contributed by atoms with Gasteiger partial charge in [-0.1, -0.05) is 246 Å². The van der Waals surface area contributed by atoms with Gasteiger partial charge >= 0.3 is 0 Å². The lowest BCUT2D eigenvalue weighted by molar-refractivity contribution is 0.605. The maximum atomic E-state index is 5.05. The van der Waals surface area contributed by atoms with E-state index in [0.29, 0.717) is 24.0 Å². The second kappa shape index (κ2) is 38.7. The van der Waals surface area contributed by atoms with Crippen LogP contribution in [0.1, 0.15) is 170 Å². The second-order valence-electron chi connectivity index (χ2n) is 38.2. The number of para-hydroxylation sites is 11. The van der Waals surface area contributed by atoms with Crippen molar-refractivity contribution in [2.24, 2.45) is 0 Å². The van der Waals surface area contributed by atoms with Gasteiger partial charge in [0, 0.05) is 45.2 Å². The van der Waals surface area contributed by atoms with Gasteiger partial charge in [-0.2, -0.15) is 0 Å². The molecular formula is C123H130N12. The molecule has 682 valence electrons. The zero-order chi connectivity index (χ0) is 95.2. The molecule has 4 aliphatic rings. The van der Waals surface area contributed by atoms with Crippen LogP contribution >= 0.6 is 0 Å². The highest BCUT2D eigenvalue weighted by atomic mass is 15.5. The lowest BCUT2D eigenvalue weighted by atomic mass is 9.91. The van der Waals surface area contributed by atoms with Crippen LogP contribution < -0.4 is 39.2 Å². The van der Waals surface area contributed by atoms with Crippen molar-refractivity contribution < 1.29 is 0 Å². The first kappa shape index (κ1) is 92.5. The molecule has 0 bridgehead atoms. The number of rotatable bonds is 15. The molecule has 0 radical (unpaired) electrons. The number of benzene rings is 12. The summed E-state index contributed by atoms with van der Waals surface area (Å²) in [5.41, 5.74) is 50.1. The van der Waals surface area contributed by atoms with Crippen LogP contribution in [-0.2, 0) is 0 Å². The molecule has 0 spiro atoms. The van der Waals surface area contributed by atoms with Gasteiger partial charge in [0.15, 0.2) is 0 Å². The molecule has 8 heterocycles. The van der Waals surface area contributed by atoms with Crippen LogP contribution in [0.3, 0.4) is 0 Å². The summed E-state index contributed by atoms with van der Waals surface area (Å²) in [6, 6.07) is 105. The summed E-state index contributed by atoms with van der Waals surface area (Å²) >= 11 is 0. The minimum atomic E-state index is 0.0104. The topological polar surface area (TPSA) is 77.5 Å². The Kier molecular flexibility index (Phi) is 26.5. The molecule has 0 amide bonds. The van der Waals surface area contributed by atoms with E-state index in [9.17, 15) is 0 Å². The predicted molar refractivity (Wildman–Crippen MR) is 574 cm³/mol. The Bertz CT molecular complexity index is 6880. The standard InChI is InChI=1S/C40H35N3.C34H39N3.C30H31N3.C19H25N3/c1-27-15-13-16-28(2)39(27)35-25-29(3)38(26-41-35)42-30(4)43(37-24-12-11-23-36(37)42)40-33(31-17-7-5-8-18-31)21-14-22-34(40)32-19-9-6-10-20-32;1-21(2)27-15-12-16-28(22(3)4)34(27)37-26(8)36(30-17-9-10-18-31(30)37)32-20-35-29(19-25(32)7)33-23(5)13-11-14-24(33)6;1-19-11-9-12-20(2)29(19)25-17-23(5)28(18-31-25)32-24(6)33(27-16-8-7-15-26(27)32)30-21(3)13-10-14-22(30)4;1-12(2)21-16(6)22(18-10-8-7-9-17(18)21)19-13(3)11-14(4)20-15(19)5/h5-26,30H,1-4H3;9-22,26H,1-8H3;7-18,24H,1-6H3;7-12,16H,1-6H3/t30-;26-;24-;16-/m0001/s1. The molecule has 16 aromatic rings. The van der Waals surface area contributed by atoms with Gasteiger partial charge in [-0.05, 0) is 312 Å². The molecule has 12 aromatic carbocycles. The van der Waals surface area contributed by atoms with E-state index in [2.05, 4.69) is 515 Å². The molecule has 0 fully saturated rings. The fourth-order valence-electron chi connectivity index (χ4n) is 21.8. The fourth-order valence-corrected chi connectivity index (χ4v) is 21.8. The number of aromatic nitrogens is 4. The highest BCUT2D eigenvalue weighted by Crippen LogP contribution is 2.57. The fraction of sp³-hybridized carbons (Fsp3) is 0.252. The molecule has 135 heavy (non-hydrogen) atoms. The highest BCUT2D eigenvalue weighted by Gasteiger charge is 2.43. The first-order valence-electron chi connectivity index (χ1n) is 48.2. The molecule has 12 nitrogen and oxygen atoms in total. The number of pyridine rings is 4. The lowest BCUT2D eigenvalue weighted by Crippen LogP contribution is -2.42.